The molecular formula is C17H15Cl2F3N2O. The lowest BCUT2D eigenvalue weighted by molar-refractivity contribution is -0.180. The predicted molar refractivity (Wildman–Crippen MR) is 93.2 cm³/mol. The van der Waals surface area contributed by atoms with Crippen molar-refractivity contribution in [3.8, 4) is 0 Å². The smallest absolute Gasteiger partial charge is 0.351 e. The molecule has 0 radical (unpaired) electrons. The summed E-state index contributed by atoms with van der Waals surface area (Å²) < 4.78 is 43.3. The monoisotopic (exact) mass is 390 g/mol. The van der Waals surface area contributed by atoms with Gasteiger partial charge in [0, 0.05) is 16.3 Å². The van der Waals surface area contributed by atoms with Crippen LogP contribution in [0.4, 0.5) is 24.5 Å². The van der Waals surface area contributed by atoms with Gasteiger partial charge in [-0.05, 0) is 36.2 Å². The summed E-state index contributed by atoms with van der Waals surface area (Å²) in [7, 11) is 0. The van der Waals surface area contributed by atoms with Crippen LogP contribution in [0, 0.1) is 0 Å². The minimum absolute atomic E-state index is 0.00937. The van der Waals surface area contributed by atoms with E-state index < -0.39 is 17.2 Å². The Kier molecular flexibility index (Phi) is 4.54. The van der Waals surface area contributed by atoms with E-state index in [0.717, 1.165) is 0 Å². The molecule has 0 amide bonds. The molecule has 1 unspecified atom stereocenters. The van der Waals surface area contributed by atoms with Crippen LogP contribution in [-0.2, 0) is 5.41 Å². The Labute approximate surface area is 152 Å². The standard InChI is InChI=1S/C17H15Cl2F3N2O/c1-2-3-6-16(17(20,21)22)10-7-9(18)4-5-12(10)23-14-11(16)8-13(19)24-15(14)25/h4-5,7-8,23H,2-3,6H2,1H3,(H,24,25). The zero-order chi connectivity index (χ0) is 18.4. The molecule has 0 spiro atoms. The Morgan fingerprint density at radius 1 is 1.16 bits per heavy atom. The molecule has 2 N–H and O–H groups in total. The molecule has 8 heteroatoms. The van der Waals surface area contributed by atoms with Gasteiger partial charge < -0.3 is 10.3 Å². The van der Waals surface area contributed by atoms with Crippen molar-refractivity contribution in [1.82, 2.24) is 4.98 Å². The van der Waals surface area contributed by atoms with Crippen molar-refractivity contribution in [3.05, 3.63) is 55.9 Å². The number of aromatic nitrogens is 1. The summed E-state index contributed by atoms with van der Waals surface area (Å²) in [5.74, 6) is 0. The van der Waals surface area contributed by atoms with Crippen molar-refractivity contribution in [2.45, 2.75) is 37.8 Å². The Balaban J connectivity index is 2.43. The number of benzene rings is 1. The second-order valence-corrected chi connectivity index (χ2v) is 6.90. The number of H-pyrrole nitrogens is 1. The maximum atomic E-state index is 14.4. The van der Waals surface area contributed by atoms with E-state index in [1.54, 1.807) is 0 Å². The van der Waals surface area contributed by atoms with Gasteiger partial charge in [0.15, 0.2) is 0 Å². The van der Waals surface area contributed by atoms with E-state index in [9.17, 15) is 18.0 Å². The van der Waals surface area contributed by atoms with Crippen molar-refractivity contribution < 1.29 is 13.2 Å². The number of halogens is 5. The summed E-state index contributed by atoms with van der Waals surface area (Å²) in [4.78, 5) is 14.6. The quantitative estimate of drug-likeness (QED) is 0.652. The number of unbranched alkanes of at least 4 members (excludes halogenated alkanes) is 1. The van der Waals surface area contributed by atoms with Crippen LogP contribution in [-0.4, -0.2) is 11.2 Å². The van der Waals surface area contributed by atoms with Crippen LogP contribution in [0.5, 0.6) is 0 Å². The zero-order valence-electron chi connectivity index (χ0n) is 13.2. The molecule has 3 nitrogen and oxygen atoms in total. The van der Waals surface area contributed by atoms with Gasteiger partial charge in [-0.25, -0.2) is 0 Å². The number of aromatic amines is 1. The van der Waals surface area contributed by atoms with E-state index in [0.29, 0.717) is 12.8 Å². The topological polar surface area (TPSA) is 44.9 Å². The summed E-state index contributed by atoms with van der Waals surface area (Å²) in [6, 6.07) is 5.44. The average Bonchev–Trinajstić information content (AvgIpc) is 2.51. The van der Waals surface area contributed by atoms with E-state index in [1.165, 1.54) is 24.3 Å². The number of hydrogen-bond donors (Lipinski definition) is 2. The van der Waals surface area contributed by atoms with Gasteiger partial charge >= 0.3 is 6.18 Å². The van der Waals surface area contributed by atoms with Crippen molar-refractivity contribution >= 4 is 34.6 Å². The first-order valence-electron chi connectivity index (χ1n) is 7.78. The lowest BCUT2D eigenvalue weighted by Crippen LogP contribution is -2.47. The molecule has 0 saturated carbocycles. The van der Waals surface area contributed by atoms with Crippen molar-refractivity contribution in [2.24, 2.45) is 0 Å². The third-order valence-corrected chi connectivity index (χ3v) is 4.99. The second kappa shape index (κ2) is 6.25. The second-order valence-electron chi connectivity index (χ2n) is 6.06. The van der Waals surface area contributed by atoms with Crippen molar-refractivity contribution in [2.75, 3.05) is 5.32 Å². The van der Waals surface area contributed by atoms with Crippen LogP contribution < -0.4 is 10.9 Å². The fourth-order valence-electron chi connectivity index (χ4n) is 3.41. The number of fused-ring (bicyclic) bond motifs is 2. The van der Waals surface area contributed by atoms with Gasteiger partial charge in [0.2, 0.25) is 0 Å². The molecule has 0 saturated heterocycles. The molecular weight excluding hydrogens is 376 g/mol. The van der Waals surface area contributed by atoms with Crippen LogP contribution in [0.1, 0.15) is 37.3 Å². The minimum Gasteiger partial charge on any atom is -0.351 e. The highest BCUT2D eigenvalue weighted by atomic mass is 35.5. The number of alkyl halides is 3. The molecule has 1 aliphatic rings. The van der Waals surface area contributed by atoms with Gasteiger partial charge in [0.05, 0.1) is 0 Å². The van der Waals surface area contributed by atoms with Crippen LogP contribution >= 0.6 is 23.2 Å². The molecule has 134 valence electrons. The normalized spacial score (nSPS) is 19.1. The van der Waals surface area contributed by atoms with E-state index in [4.69, 9.17) is 23.2 Å². The van der Waals surface area contributed by atoms with Gasteiger partial charge in [0.25, 0.3) is 5.56 Å². The lowest BCUT2D eigenvalue weighted by atomic mass is 9.68. The van der Waals surface area contributed by atoms with E-state index >= 15 is 0 Å². The van der Waals surface area contributed by atoms with Gasteiger partial charge in [0.1, 0.15) is 16.3 Å². The highest BCUT2D eigenvalue weighted by Crippen LogP contribution is 2.56. The molecule has 2 heterocycles. The Morgan fingerprint density at radius 3 is 2.52 bits per heavy atom. The summed E-state index contributed by atoms with van der Waals surface area (Å²) in [5, 5.41) is 2.87. The minimum atomic E-state index is -4.63. The highest BCUT2D eigenvalue weighted by Gasteiger charge is 2.60. The molecule has 0 fully saturated rings. The molecule has 0 aliphatic carbocycles. The summed E-state index contributed by atoms with van der Waals surface area (Å²) in [6.45, 7) is 1.82. The fraction of sp³-hybridized carbons (Fsp3) is 0.353. The van der Waals surface area contributed by atoms with Crippen molar-refractivity contribution in [1.29, 1.82) is 0 Å². The number of hydrogen-bond acceptors (Lipinski definition) is 2. The first-order chi connectivity index (χ1) is 11.7. The van der Waals surface area contributed by atoms with Crippen molar-refractivity contribution in [3.63, 3.8) is 0 Å². The van der Waals surface area contributed by atoms with Crippen LogP contribution in [0.15, 0.2) is 29.1 Å². The highest BCUT2D eigenvalue weighted by molar-refractivity contribution is 6.31. The molecule has 1 aromatic heterocycles. The Hall–Kier alpha value is -1.66. The first-order valence-corrected chi connectivity index (χ1v) is 8.53. The number of anilines is 2. The Bertz CT molecular complexity index is 879. The van der Waals surface area contributed by atoms with E-state index in [2.05, 4.69) is 10.3 Å². The third-order valence-electron chi connectivity index (χ3n) is 4.55. The maximum Gasteiger partial charge on any atom is 0.402 e. The van der Waals surface area contributed by atoms with Gasteiger partial charge in [-0.2, -0.15) is 13.2 Å². The number of nitrogens with one attached hydrogen (secondary N) is 2. The largest absolute Gasteiger partial charge is 0.402 e. The SMILES string of the molecule is CCCCC1(C(F)(F)F)c2cc(Cl)ccc2Nc2c1cc(Cl)[nH]c2=O. The molecule has 3 rings (SSSR count). The third kappa shape index (κ3) is 2.81. The lowest BCUT2D eigenvalue weighted by Gasteiger charge is -2.42. The summed E-state index contributed by atoms with van der Waals surface area (Å²) >= 11 is 11.9. The number of rotatable bonds is 3. The molecule has 0 bridgehead atoms. The molecule has 1 aliphatic heterocycles. The first kappa shape index (κ1) is 18.1. The Morgan fingerprint density at radius 2 is 1.88 bits per heavy atom. The molecule has 1 atom stereocenters. The van der Waals surface area contributed by atoms with E-state index in [-0.39, 0.29) is 39.1 Å². The van der Waals surface area contributed by atoms with Crippen LogP contribution in [0.2, 0.25) is 10.2 Å². The van der Waals surface area contributed by atoms with Gasteiger partial charge in [-0.15, -0.1) is 0 Å². The molecule has 2 aromatic rings. The van der Waals surface area contributed by atoms with Gasteiger partial charge in [-0.3, -0.25) is 4.79 Å². The predicted octanol–water partition coefficient (Wildman–Crippen LogP) is 5.78. The maximum absolute atomic E-state index is 14.4. The van der Waals surface area contributed by atoms with Crippen LogP contribution in [0.3, 0.4) is 0 Å². The molecule has 1 aromatic carbocycles. The van der Waals surface area contributed by atoms with Crippen LogP contribution in [0.25, 0.3) is 0 Å². The summed E-state index contributed by atoms with van der Waals surface area (Å²) in [5.41, 5.74) is -3.10. The summed E-state index contributed by atoms with van der Waals surface area (Å²) in [6.07, 6.45) is -3.92. The fourth-order valence-corrected chi connectivity index (χ4v) is 3.77. The number of pyridine rings is 1. The zero-order valence-corrected chi connectivity index (χ0v) is 14.7. The average molecular weight is 391 g/mol. The van der Waals surface area contributed by atoms with Gasteiger partial charge in [-0.1, -0.05) is 43.0 Å². The van der Waals surface area contributed by atoms with E-state index in [1.807, 2.05) is 6.92 Å². The molecule has 25 heavy (non-hydrogen) atoms.